The number of hydrogen-bond donors (Lipinski definition) is 0. The number of aromatic nitrogens is 1. The molecule has 0 unspecified atom stereocenters. The van der Waals surface area contributed by atoms with Crippen molar-refractivity contribution in [3.8, 4) is 0 Å². The van der Waals surface area contributed by atoms with Crippen molar-refractivity contribution in [2.75, 3.05) is 13.2 Å². The lowest BCUT2D eigenvalue weighted by atomic mass is 10.2. The van der Waals surface area contributed by atoms with Crippen LogP contribution in [0.1, 0.15) is 16.8 Å². The molecule has 0 radical (unpaired) electrons. The Bertz CT molecular complexity index is 294. The molecule has 1 fully saturated rings. The first-order valence-electron chi connectivity index (χ1n) is 4.23. The Morgan fingerprint density at radius 3 is 3.15 bits per heavy atom. The van der Waals surface area contributed by atoms with Crippen molar-refractivity contribution in [2.24, 2.45) is 0 Å². The van der Waals surface area contributed by atoms with E-state index in [1.807, 2.05) is 0 Å². The van der Waals surface area contributed by atoms with Crippen molar-refractivity contribution in [3.63, 3.8) is 0 Å². The quantitative estimate of drug-likeness (QED) is 0.640. The molecular formula is C9H10N2O2. The molecule has 1 aliphatic rings. The minimum atomic E-state index is -0.106. The van der Waals surface area contributed by atoms with Gasteiger partial charge in [0.2, 0.25) is 0 Å². The van der Waals surface area contributed by atoms with Crippen molar-refractivity contribution in [1.29, 1.82) is 0 Å². The second-order valence-electron chi connectivity index (χ2n) is 2.84. The highest BCUT2D eigenvalue weighted by molar-refractivity contribution is 5.93. The molecule has 1 amide bonds. The summed E-state index contributed by atoms with van der Waals surface area (Å²) in [6, 6.07) is 3.47. The average molecular weight is 178 g/mol. The van der Waals surface area contributed by atoms with Gasteiger partial charge in [-0.05, 0) is 18.6 Å². The van der Waals surface area contributed by atoms with Crippen LogP contribution in [0, 0.1) is 0 Å². The maximum absolute atomic E-state index is 11.6. The largest absolute Gasteiger partial charge is 0.278 e. The van der Waals surface area contributed by atoms with E-state index in [9.17, 15) is 4.79 Å². The second-order valence-corrected chi connectivity index (χ2v) is 2.84. The third kappa shape index (κ3) is 1.67. The molecule has 0 spiro atoms. The smallest absolute Gasteiger partial charge is 0.271 e. The first-order chi connectivity index (χ1) is 6.38. The molecule has 4 nitrogen and oxygen atoms in total. The van der Waals surface area contributed by atoms with E-state index in [1.165, 1.54) is 5.06 Å². The van der Waals surface area contributed by atoms with Gasteiger partial charge in [0.1, 0.15) is 0 Å². The second kappa shape index (κ2) is 3.53. The van der Waals surface area contributed by atoms with E-state index in [0.717, 1.165) is 6.42 Å². The highest BCUT2D eigenvalue weighted by Crippen LogP contribution is 2.09. The highest BCUT2D eigenvalue weighted by atomic mass is 16.7. The first kappa shape index (κ1) is 8.19. The van der Waals surface area contributed by atoms with E-state index >= 15 is 0 Å². The number of carbonyl (C=O) groups is 1. The maximum Gasteiger partial charge on any atom is 0.278 e. The van der Waals surface area contributed by atoms with Crippen LogP contribution in [0.5, 0.6) is 0 Å². The molecule has 13 heavy (non-hydrogen) atoms. The summed E-state index contributed by atoms with van der Waals surface area (Å²) in [5.74, 6) is -0.106. The van der Waals surface area contributed by atoms with Gasteiger partial charge >= 0.3 is 0 Å². The molecule has 1 aliphatic heterocycles. The van der Waals surface area contributed by atoms with Crippen LogP contribution >= 0.6 is 0 Å². The van der Waals surface area contributed by atoms with Gasteiger partial charge in [-0.2, -0.15) is 0 Å². The maximum atomic E-state index is 11.6. The summed E-state index contributed by atoms with van der Waals surface area (Å²) in [6.07, 6.45) is 4.09. The van der Waals surface area contributed by atoms with Crippen molar-refractivity contribution >= 4 is 5.91 Å². The summed E-state index contributed by atoms with van der Waals surface area (Å²) in [6.45, 7) is 1.31. The van der Waals surface area contributed by atoms with Crippen LogP contribution in [0.15, 0.2) is 24.5 Å². The highest BCUT2D eigenvalue weighted by Gasteiger charge is 2.20. The summed E-state index contributed by atoms with van der Waals surface area (Å²) < 4.78 is 0. The van der Waals surface area contributed by atoms with Gasteiger partial charge in [0.25, 0.3) is 5.91 Å². The molecule has 68 valence electrons. The Hall–Kier alpha value is -1.42. The predicted molar refractivity (Wildman–Crippen MR) is 45.8 cm³/mol. The van der Waals surface area contributed by atoms with E-state index in [1.54, 1.807) is 24.5 Å². The van der Waals surface area contributed by atoms with Crippen molar-refractivity contribution in [2.45, 2.75) is 6.42 Å². The van der Waals surface area contributed by atoms with Crippen molar-refractivity contribution < 1.29 is 9.63 Å². The number of nitrogens with zero attached hydrogens (tertiary/aromatic N) is 2. The number of hydroxylamine groups is 2. The molecular weight excluding hydrogens is 168 g/mol. The third-order valence-electron chi connectivity index (χ3n) is 1.89. The minimum Gasteiger partial charge on any atom is -0.271 e. The Balaban J connectivity index is 2.13. The van der Waals surface area contributed by atoms with Crippen LogP contribution in [0.3, 0.4) is 0 Å². The molecule has 2 heterocycles. The molecule has 4 heteroatoms. The summed E-state index contributed by atoms with van der Waals surface area (Å²) in [5.41, 5.74) is 0.574. The van der Waals surface area contributed by atoms with E-state index in [2.05, 4.69) is 4.98 Å². The number of hydrogen-bond acceptors (Lipinski definition) is 3. The number of pyridine rings is 1. The van der Waals surface area contributed by atoms with Crippen LogP contribution in [0.25, 0.3) is 0 Å². The molecule has 1 aromatic rings. The van der Waals surface area contributed by atoms with Gasteiger partial charge in [-0.1, -0.05) is 0 Å². The number of amides is 1. The Morgan fingerprint density at radius 1 is 1.62 bits per heavy atom. The van der Waals surface area contributed by atoms with Gasteiger partial charge in [0.05, 0.1) is 18.7 Å². The fraction of sp³-hybridized carbons (Fsp3) is 0.333. The molecule has 2 rings (SSSR count). The zero-order valence-electron chi connectivity index (χ0n) is 7.14. The normalized spacial score (nSPS) is 16.2. The van der Waals surface area contributed by atoms with Gasteiger partial charge in [-0.15, -0.1) is 0 Å². The van der Waals surface area contributed by atoms with E-state index in [0.29, 0.717) is 18.7 Å². The van der Waals surface area contributed by atoms with Crippen LogP contribution in [-0.2, 0) is 4.84 Å². The van der Waals surface area contributed by atoms with Crippen LogP contribution < -0.4 is 0 Å². The van der Waals surface area contributed by atoms with Crippen LogP contribution in [0.2, 0.25) is 0 Å². The standard InChI is InChI=1S/C9H10N2O2/c12-9(11-5-2-6-13-11)8-3-1-4-10-7-8/h1,3-4,7H,2,5-6H2. The molecule has 0 aromatic carbocycles. The van der Waals surface area contributed by atoms with Gasteiger partial charge in [-0.3, -0.25) is 14.6 Å². The summed E-state index contributed by atoms with van der Waals surface area (Å²) in [7, 11) is 0. The molecule has 1 saturated heterocycles. The Kier molecular flexibility index (Phi) is 2.23. The van der Waals surface area contributed by atoms with Crippen LogP contribution in [-0.4, -0.2) is 29.1 Å². The number of rotatable bonds is 1. The predicted octanol–water partition coefficient (Wildman–Crippen LogP) is 0.859. The van der Waals surface area contributed by atoms with Crippen LogP contribution in [0.4, 0.5) is 0 Å². The molecule has 1 aromatic heterocycles. The lowest BCUT2D eigenvalue weighted by Crippen LogP contribution is -2.26. The molecule has 0 saturated carbocycles. The zero-order valence-corrected chi connectivity index (χ0v) is 7.14. The monoisotopic (exact) mass is 178 g/mol. The summed E-state index contributed by atoms with van der Waals surface area (Å²) in [5, 5.41) is 1.39. The average Bonchev–Trinajstić information content (AvgIpc) is 2.71. The minimum absolute atomic E-state index is 0.106. The van der Waals surface area contributed by atoms with E-state index in [-0.39, 0.29) is 5.91 Å². The van der Waals surface area contributed by atoms with Crippen molar-refractivity contribution in [1.82, 2.24) is 10.0 Å². The van der Waals surface area contributed by atoms with E-state index in [4.69, 9.17) is 4.84 Å². The first-order valence-corrected chi connectivity index (χ1v) is 4.23. The topological polar surface area (TPSA) is 42.4 Å². The third-order valence-corrected chi connectivity index (χ3v) is 1.89. The summed E-state index contributed by atoms with van der Waals surface area (Å²) in [4.78, 5) is 20.6. The Morgan fingerprint density at radius 2 is 2.54 bits per heavy atom. The van der Waals surface area contributed by atoms with Gasteiger partial charge in [0.15, 0.2) is 0 Å². The van der Waals surface area contributed by atoms with Gasteiger partial charge < -0.3 is 0 Å². The molecule has 0 N–H and O–H groups in total. The molecule has 0 atom stereocenters. The SMILES string of the molecule is O=C(c1cccnc1)N1CCCO1. The van der Waals surface area contributed by atoms with Gasteiger partial charge in [0, 0.05) is 12.4 Å². The molecule has 0 aliphatic carbocycles. The fourth-order valence-electron chi connectivity index (χ4n) is 1.24. The summed E-state index contributed by atoms with van der Waals surface area (Å²) >= 11 is 0. The molecule has 0 bridgehead atoms. The fourth-order valence-corrected chi connectivity index (χ4v) is 1.24. The lowest BCUT2D eigenvalue weighted by molar-refractivity contribution is -0.0768. The van der Waals surface area contributed by atoms with Crippen molar-refractivity contribution in [3.05, 3.63) is 30.1 Å². The zero-order chi connectivity index (χ0) is 9.10. The Labute approximate surface area is 76.1 Å². The van der Waals surface area contributed by atoms with E-state index < -0.39 is 0 Å². The van der Waals surface area contributed by atoms with Gasteiger partial charge in [-0.25, -0.2) is 5.06 Å². The number of carbonyl (C=O) groups excluding carboxylic acids is 1. The lowest BCUT2D eigenvalue weighted by Gasteiger charge is -2.12.